The van der Waals surface area contributed by atoms with E-state index in [1.165, 1.54) is 11.8 Å². The Balaban J connectivity index is 1.61. The van der Waals surface area contributed by atoms with Crippen molar-refractivity contribution < 1.29 is 19.1 Å². The maximum atomic E-state index is 12.9. The molecule has 1 fully saturated rings. The van der Waals surface area contributed by atoms with Crippen LogP contribution >= 0.6 is 23.4 Å². The van der Waals surface area contributed by atoms with Crippen molar-refractivity contribution in [1.82, 2.24) is 10.2 Å². The summed E-state index contributed by atoms with van der Waals surface area (Å²) < 4.78 is 10.9. The third-order valence-electron chi connectivity index (χ3n) is 5.59. The number of benzene rings is 1. The lowest BCUT2D eigenvalue weighted by Gasteiger charge is -2.36. The molecule has 0 saturated carbocycles. The molecule has 1 N–H and O–H groups in total. The van der Waals surface area contributed by atoms with Crippen LogP contribution < -0.4 is 5.32 Å². The number of nitrogens with one attached hydrogen (secondary N) is 1. The standard InChI is InChI=1S/C23H26ClN3O4S/c1-3-30-22(29)20-14(2)26-23-27(21(20)17-8-4-5-9-18(17)24)15(13-32-23)11-19(28)25-12-16-7-6-10-31-16/h4-5,8-9,13,16,21H,3,6-7,10-12H2,1-2H3,(H,25,28)/t16-,21+/m0/s1. The van der Waals surface area contributed by atoms with Gasteiger partial charge in [0.1, 0.15) is 0 Å². The first kappa shape index (κ1) is 22.9. The van der Waals surface area contributed by atoms with E-state index >= 15 is 0 Å². The van der Waals surface area contributed by atoms with Gasteiger partial charge in [-0.15, -0.1) is 0 Å². The van der Waals surface area contributed by atoms with Crippen LogP contribution in [0.15, 0.2) is 51.6 Å². The zero-order valence-corrected chi connectivity index (χ0v) is 19.7. The van der Waals surface area contributed by atoms with Gasteiger partial charge in [0, 0.05) is 23.9 Å². The minimum Gasteiger partial charge on any atom is -0.463 e. The number of rotatable bonds is 7. The molecule has 7 nitrogen and oxygen atoms in total. The molecule has 0 aromatic heterocycles. The van der Waals surface area contributed by atoms with E-state index in [0.717, 1.165) is 30.7 Å². The van der Waals surface area contributed by atoms with E-state index in [9.17, 15) is 9.59 Å². The molecule has 0 bridgehead atoms. The van der Waals surface area contributed by atoms with Gasteiger partial charge in [0.05, 0.1) is 36.4 Å². The molecule has 0 aliphatic carbocycles. The lowest BCUT2D eigenvalue weighted by molar-refractivity contribution is -0.139. The number of halogens is 1. The second-order valence-electron chi connectivity index (χ2n) is 7.75. The summed E-state index contributed by atoms with van der Waals surface area (Å²) in [6.07, 6.45) is 2.23. The molecule has 0 unspecified atom stereocenters. The number of fused-ring (bicyclic) bond motifs is 1. The fourth-order valence-corrected chi connectivity index (χ4v) is 5.29. The van der Waals surface area contributed by atoms with Crippen LogP contribution in [0.1, 0.15) is 44.7 Å². The Morgan fingerprint density at radius 1 is 1.38 bits per heavy atom. The van der Waals surface area contributed by atoms with Gasteiger partial charge >= 0.3 is 5.97 Å². The Kier molecular flexibility index (Phi) is 7.23. The van der Waals surface area contributed by atoms with E-state index < -0.39 is 12.0 Å². The minimum atomic E-state index is -0.525. The average molecular weight is 476 g/mol. The SMILES string of the molecule is CCOC(=O)C1=C(C)N=C2SC=C(CC(=O)NC[C@@H]3CCCO3)N2[C@@H]1c1ccccc1Cl. The van der Waals surface area contributed by atoms with Gasteiger partial charge in [-0.25, -0.2) is 9.79 Å². The fourth-order valence-electron chi connectivity index (χ4n) is 4.09. The van der Waals surface area contributed by atoms with E-state index in [-0.39, 0.29) is 25.0 Å². The van der Waals surface area contributed by atoms with Crippen LogP contribution in [-0.4, -0.2) is 47.8 Å². The Bertz CT molecular complexity index is 1000. The number of aliphatic imine (C=N–C) groups is 1. The summed E-state index contributed by atoms with van der Waals surface area (Å²) in [6.45, 7) is 5.07. The van der Waals surface area contributed by atoms with Gasteiger partial charge in [-0.2, -0.15) is 0 Å². The molecule has 1 saturated heterocycles. The summed E-state index contributed by atoms with van der Waals surface area (Å²) in [4.78, 5) is 32.2. The molecule has 3 heterocycles. The molecule has 1 amide bonds. The highest BCUT2D eigenvalue weighted by molar-refractivity contribution is 8.16. The largest absolute Gasteiger partial charge is 0.463 e. The maximum absolute atomic E-state index is 12.9. The fraction of sp³-hybridized carbons (Fsp3) is 0.435. The quantitative estimate of drug-likeness (QED) is 0.596. The number of amides is 1. The number of amidine groups is 1. The van der Waals surface area contributed by atoms with Crippen molar-refractivity contribution in [1.29, 1.82) is 0 Å². The van der Waals surface area contributed by atoms with Crippen molar-refractivity contribution in [3.05, 3.63) is 57.2 Å². The van der Waals surface area contributed by atoms with Crippen molar-refractivity contribution in [3.63, 3.8) is 0 Å². The number of carbonyl (C=O) groups excluding carboxylic acids is 2. The van der Waals surface area contributed by atoms with E-state index in [4.69, 9.17) is 21.1 Å². The third-order valence-corrected chi connectivity index (χ3v) is 6.82. The molecule has 2 atom stereocenters. The van der Waals surface area contributed by atoms with Gasteiger partial charge in [-0.1, -0.05) is 41.6 Å². The number of hydrogen-bond acceptors (Lipinski definition) is 7. The monoisotopic (exact) mass is 475 g/mol. The van der Waals surface area contributed by atoms with Gasteiger partial charge in [0.25, 0.3) is 0 Å². The van der Waals surface area contributed by atoms with Crippen LogP contribution in [0.3, 0.4) is 0 Å². The summed E-state index contributed by atoms with van der Waals surface area (Å²) >= 11 is 7.99. The topological polar surface area (TPSA) is 80.2 Å². The molecule has 9 heteroatoms. The van der Waals surface area contributed by atoms with Gasteiger partial charge in [-0.05, 0) is 43.7 Å². The Hall–Kier alpha value is -2.29. The number of nitrogens with zero attached hydrogens (tertiary/aromatic N) is 2. The normalized spacial score (nSPS) is 22.4. The van der Waals surface area contributed by atoms with E-state index in [0.29, 0.717) is 28.0 Å². The second kappa shape index (κ2) is 10.1. The molecule has 1 aromatic carbocycles. The number of esters is 1. The van der Waals surface area contributed by atoms with Crippen LogP contribution in [0.25, 0.3) is 0 Å². The molecule has 32 heavy (non-hydrogen) atoms. The smallest absolute Gasteiger partial charge is 0.338 e. The van der Waals surface area contributed by atoms with Crippen molar-refractivity contribution in [3.8, 4) is 0 Å². The zero-order valence-electron chi connectivity index (χ0n) is 18.1. The summed E-state index contributed by atoms with van der Waals surface area (Å²) in [7, 11) is 0. The summed E-state index contributed by atoms with van der Waals surface area (Å²) in [5, 5.41) is 6.12. The minimum absolute atomic E-state index is 0.0786. The van der Waals surface area contributed by atoms with Crippen LogP contribution in [0.4, 0.5) is 0 Å². The highest BCUT2D eigenvalue weighted by atomic mass is 35.5. The molecule has 4 rings (SSSR count). The maximum Gasteiger partial charge on any atom is 0.338 e. The van der Waals surface area contributed by atoms with Gasteiger partial charge < -0.3 is 19.7 Å². The molecule has 0 spiro atoms. The predicted octanol–water partition coefficient (Wildman–Crippen LogP) is 4.16. The molecule has 3 aliphatic rings. The third kappa shape index (κ3) is 4.72. The Labute approximate surface area is 196 Å². The van der Waals surface area contributed by atoms with Crippen LogP contribution in [-0.2, 0) is 19.1 Å². The van der Waals surface area contributed by atoms with E-state index in [1.807, 2.05) is 28.5 Å². The van der Waals surface area contributed by atoms with Crippen molar-refractivity contribution in [2.24, 2.45) is 4.99 Å². The summed E-state index contributed by atoms with van der Waals surface area (Å²) in [5.41, 5.74) is 2.54. The van der Waals surface area contributed by atoms with Crippen LogP contribution in [0, 0.1) is 0 Å². The second-order valence-corrected chi connectivity index (χ2v) is 8.99. The highest BCUT2D eigenvalue weighted by Gasteiger charge is 2.41. The number of ether oxygens (including phenoxy) is 2. The molecule has 170 valence electrons. The van der Waals surface area contributed by atoms with Gasteiger partial charge in [0.2, 0.25) is 5.91 Å². The first-order valence-electron chi connectivity index (χ1n) is 10.7. The van der Waals surface area contributed by atoms with Gasteiger partial charge in [0.15, 0.2) is 5.17 Å². The molecular weight excluding hydrogens is 450 g/mol. The van der Waals surface area contributed by atoms with Crippen LogP contribution in [0.5, 0.6) is 0 Å². The van der Waals surface area contributed by atoms with Crippen molar-refractivity contribution in [2.45, 2.75) is 45.3 Å². The van der Waals surface area contributed by atoms with Crippen LogP contribution in [0.2, 0.25) is 5.02 Å². The number of hydrogen-bond donors (Lipinski definition) is 1. The number of allylic oxidation sites excluding steroid dienone is 1. The zero-order chi connectivity index (χ0) is 22.7. The highest BCUT2D eigenvalue weighted by Crippen LogP contribution is 2.46. The summed E-state index contributed by atoms with van der Waals surface area (Å²) in [6, 6.07) is 6.88. The summed E-state index contributed by atoms with van der Waals surface area (Å²) in [5.74, 6) is -0.535. The average Bonchev–Trinajstić information content (AvgIpc) is 3.42. The first-order chi connectivity index (χ1) is 15.5. The Morgan fingerprint density at radius 2 is 2.19 bits per heavy atom. The lowest BCUT2D eigenvalue weighted by atomic mass is 9.93. The van der Waals surface area contributed by atoms with E-state index in [2.05, 4.69) is 10.3 Å². The molecule has 0 radical (unpaired) electrons. The van der Waals surface area contributed by atoms with Gasteiger partial charge in [-0.3, -0.25) is 4.79 Å². The lowest BCUT2D eigenvalue weighted by Crippen LogP contribution is -2.39. The number of thioether (sulfide) groups is 1. The molecule has 1 aromatic rings. The van der Waals surface area contributed by atoms with Crippen molar-refractivity contribution >= 4 is 40.4 Å². The molecular formula is C23H26ClN3O4S. The molecule has 3 aliphatic heterocycles. The number of carbonyl (C=O) groups is 2. The first-order valence-corrected chi connectivity index (χ1v) is 12.0. The van der Waals surface area contributed by atoms with Crippen molar-refractivity contribution in [2.75, 3.05) is 19.8 Å². The Morgan fingerprint density at radius 3 is 2.91 bits per heavy atom. The van der Waals surface area contributed by atoms with E-state index in [1.54, 1.807) is 19.9 Å². The predicted molar refractivity (Wildman–Crippen MR) is 125 cm³/mol.